The van der Waals surface area contributed by atoms with Gasteiger partial charge >= 0.3 is 0 Å². The summed E-state index contributed by atoms with van der Waals surface area (Å²) in [6, 6.07) is 0. The fraction of sp³-hybridized carbons (Fsp3) is 0.947. The minimum Gasteiger partial charge on any atom is -0.299 e. The van der Waals surface area contributed by atoms with Gasteiger partial charge in [0.2, 0.25) is 0 Å². The molecule has 0 heterocycles. The van der Waals surface area contributed by atoms with Crippen LogP contribution in [0.4, 0.5) is 0 Å². The first-order valence-corrected chi connectivity index (χ1v) is 9.17. The van der Waals surface area contributed by atoms with Crippen molar-refractivity contribution in [2.75, 3.05) is 0 Å². The molecule has 0 amide bonds. The third-order valence-corrected chi connectivity index (χ3v) is 5.15. The van der Waals surface area contributed by atoms with Crippen LogP contribution < -0.4 is 0 Å². The number of carbonyl (C=O) groups is 1. The summed E-state index contributed by atoms with van der Waals surface area (Å²) in [5, 5.41) is 0. The first-order chi connectivity index (χ1) is 9.65. The van der Waals surface area contributed by atoms with E-state index in [4.69, 9.17) is 0 Å². The SMILES string of the molecule is CCCCCCCCCCC1CC(C(C)C)CCC1=O. The lowest BCUT2D eigenvalue weighted by Crippen LogP contribution is -2.27. The van der Waals surface area contributed by atoms with Crippen LogP contribution in [0.2, 0.25) is 0 Å². The molecule has 1 rings (SSSR count). The van der Waals surface area contributed by atoms with E-state index in [1.54, 1.807) is 0 Å². The predicted octanol–water partition coefficient (Wildman–Crippen LogP) is 6.16. The van der Waals surface area contributed by atoms with Crippen molar-refractivity contribution >= 4 is 5.78 Å². The molecular weight excluding hydrogens is 244 g/mol. The van der Waals surface area contributed by atoms with Crippen molar-refractivity contribution in [3.63, 3.8) is 0 Å². The summed E-state index contributed by atoms with van der Waals surface area (Å²) in [6.07, 6.45) is 15.3. The smallest absolute Gasteiger partial charge is 0.135 e. The average molecular weight is 280 g/mol. The standard InChI is InChI=1S/C19H36O/c1-4-5-6-7-8-9-10-11-12-18-15-17(16(2)3)13-14-19(18)20/h16-18H,4-15H2,1-3H3. The van der Waals surface area contributed by atoms with Crippen LogP contribution in [0.3, 0.4) is 0 Å². The normalized spacial score (nSPS) is 23.5. The first kappa shape index (κ1) is 17.7. The number of rotatable bonds is 10. The van der Waals surface area contributed by atoms with Crippen molar-refractivity contribution < 1.29 is 4.79 Å². The summed E-state index contributed by atoms with van der Waals surface area (Å²) in [5.74, 6) is 2.51. The van der Waals surface area contributed by atoms with Crippen LogP contribution in [-0.4, -0.2) is 5.78 Å². The molecule has 0 aromatic carbocycles. The largest absolute Gasteiger partial charge is 0.299 e. The van der Waals surface area contributed by atoms with E-state index in [1.807, 2.05) is 0 Å². The fourth-order valence-corrected chi connectivity index (χ4v) is 3.56. The summed E-state index contributed by atoms with van der Waals surface area (Å²) in [6.45, 7) is 6.90. The van der Waals surface area contributed by atoms with E-state index in [0.717, 1.165) is 31.1 Å². The van der Waals surface area contributed by atoms with Crippen LogP contribution in [0.1, 0.15) is 97.8 Å². The molecule has 0 aromatic heterocycles. The molecule has 2 unspecified atom stereocenters. The van der Waals surface area contributed by atoms with E-state index in [-0.39, 0.29) is 0 Å². The second-order valence-corrected chi connectivity index (χ2v) is 7.21. The molecular formula is C19H36O. The molecule has 0 bridgehead atoms. The Morgan fingerprint density at radius 3 is 2.20 bits per heavy atom. The number of unbranched alkanes of at least 4 members (excludes halogenated alkanes) is 7. The second kappa shape index (κ2) is 10.4. The van der Waals surface area contributed by atoms with E-state index in [2.05, 4.69) is 20.8 Å². The lowest BCUT2D eigenvalue weighted by Gasteiger charge is -2.30. The van der Waals surface area contributed by atoms with Crippen LogP contribution in [0.25, 0.3) is 0 Å². The van der Waals surface area contributed by atoms with Gasteiger partial charge in [0.05, 0.1) is 0 Å². The third-order valence-electron chi connectivity index (χ3n) is 5.15. The summed E-state index contributed by atoms with van der Waals surface area (Å²) in [7, 11) is 0. The molecule has 118 valence electrons. The third kappa shape index (κ3) is 6.90. The summed E-state index contributed by atoms with van der Waals surface area (Å²) < 4.78 is 0. The molecule has 1 aliphatic carbocycles. The minimum absolute atomic E-state index is 0.399. The average Bonchev–Trinajstić information content (AvgIpc) is 2.43. The van der Waals surface area contributed by atoms with E-state index < -0.39 is 0 Å². The van der Waals surface area contributed by atoms with E-state index in [1.165, 1.54) is 57.8 Å². The predicted molar refractivity (Wildman–Crippen MR) is 87.9 cm³/mol. The molecule has 0 aromatic rings. The van der Waals surface area contributed by atoms with E-state index in [0.29, 0.717) is 11.7 Å². The van der Waals surface area contributed by atoms with Gasteiger partial charge in [0, 0.05) is 12.3 Å². The number of ketones is 1. The highest BCUT2D eigenvalue weighted by molar-refractivity contribution is 5.81. The van der Waals surface area contributed by atoms with Crippen molar-refractivity contribution in [1.82, 2.24) is 0 Å². The van der Waals surface area contributed by atoms with Crippen LogP contribution >= 0.6 is 0 Å². The quantitative estimate of drug-likeness (QED) is 0.438. The van der Waals surface area contributed by atoms with E-state index >= 15 is 0 Å². The molecule has 0 aliphatic heterocycles. The van der Waals surface area contributed by atoms with Crippen molar-refractivity contribution in [1.29, 1.82) is 0 Å². The molecule has 1 saturated carbocycles. The fourth-order valence-electron chi connectivity index (χ4n) is 3.56. The molecule has 0 saturated heterocycles. The molecule has 0 spiro atoms. The van der Waals surface area contributed by atoms with Gasteiger partial charge < -0.3 is 0 Å². The van der Waals surface area contributed by atoms with Gasteiger partial charge in [0.15, 0.2) is 0 Å². The molecule has 1 nitrogen and oxygen atoms in total. The van der Waals surface area contributed by atoms with Gasteiger partial charge in [-0.3, -0.25) is 4.79 Å². The lowest BCUT2D eigenvalue weighted by molar-refractivity contribution is -0.126. The molecule has 20 heavy (non-hydrogen) atoms. The van der Waals surface area contributed by atoms with Gasteiger partial charge in [-0.05, 0) is 31.1 Å². The molecule has 0 radical (unpaired) electrons. The Morgan fingerprint density at radius 1 is 1.00 bits per heavy atom. The Balaban J connectivity index is 2.06. The second-order valence-electron chi connectivity index (χ2n) is 7.21. The molecule has 0 N–H and O–H groups in total. The van der Waals surface area contributed by atoms with Gasteiger partial charge in [-0.25, -0.2) is 0 Å². The number of Topliss-reactive ketones (excluding diaryl/α,β-unsaturated/α-hetero) is 1. The van der Waals surface area contributed by atoms with Gasteiger partial charge in [-0.1, -0.05) is 72.1 Å². The highest BCUT2D eigenvalue weighted by Crippen LogP contribution is 2.34. The van der Waals surface area contributed by atoms with Gasteiger partial charge in [-0.2, -0.15) is 0 Å². The van der Waals surface area contributed by atoms with Gasteiger partial charge in [0.25, 0.3) is 0 Å². The maximum Gasteiger partial charge on any atom is 0.135 e. The van der Waals surface area contributed by atoms with Crippen molar-refractivity contribution in [2.45, 2.75) is 97.8 Å². The maximum atomic E-state index is 12.0. The number of hydrogen-bond donors (Lipinski definition) is 0. The van der Waals surface area contributed by atoms with Crippen LogP contribution in [0, 0.1) is 17.8 Å². The summed E-state index contributed by atoms with van der Waals surface area (Å²) in [4.78, 5) is 12.0. The molecule has 2 atom stereocenters. The number of carbonyl (C=O) groups excluding carboxylic acids is 1. The van der Waals surface area contributed by atoms with Gasteiger partial charge in [-0.15, -0.1) is 0 Å². The zero-order valence-electron chi connectivity index (χ0n) is 14.1. The topological polar surface area (TPSA) is 17.1 Å². The van der Waals surface area contributed by atoms with Crippen molar-refractivity contribution in [3.8, 4) is 0 Å². The zero-order valence-corrected chi connectivity index (χ0v) is 14.1. The highest BCUT2D eigenvalue weighted by Gasteiger charge is 2.29. The van der Waals surface area contributed by atoms with Crippen LogP contribution in [-0.2, 0) is 4.79 Å². The highest BCUT2D eigenvalue weighted by atomic mass is 16.1. The monoisotopic (exact) mass is 280 g/mol. The molecule has 1 fully saturated rings. The lowest BCUT2D eigenvalue weighted by atomic mass is 9.74. The molecule has 1 heteroatoms. The van der Waals surface area contributed by atoms with Crippen molar-refractivity contribution in [3.05, 3.63) is 0 Å². The van der Waals surface area contributed by atoms with Crippen molar-refractivity contribution in [2.24, 2.45) is 17.8 Å². The summed E-state index contributed by atoms with van der Waals surface area (Å²) in [5.41, 5.74) is 0. The summed E-state index contributed by atoms with van der Waals surface area (Å²) >= 11 is 0. The molecule has 1 aliphatic rings. The van der Waals surface area contributed by atoms with Crippen LogP contribution in [0.15, 0.2) is 0 Å². The van der Waals surface area contributed by atoms with E-state index in [9.17, 15) is 4.79 Å². The Morgan fingerprint density at radius 2 is 1.60 bits per heavy atom. The Labute approximate surface area is 126 Å². The Kier molecular flexibility index (Phi) is 9.22. The zero-order chi connectivity index (χ0) is 14.8. The van der Waals surface area contributed by atoms with Crippen LogP contribution in [0.5, 0.6) is 0 Å². The maximum absolute atomic E-state index is 12.0. The number of hydrogen-bond acceptors (Lipinski definition) is 1. The minimum atomic E-state index is 0.399. The Hall–Kier alpha value is -0.330. The first-order valence-electron chi connectivity index (χ1n) is 9.17. The Bertz CT molecular complexity index is 256. The van der Waals surface area contributed by atoms with Gasteiger partial charge in [0.1, 0.15) is 5.78 Å².